The smallest absolute Gasteiger partial charge is 0.224 e. The van der Waals surface area contributed by atoms with Gasteiger partial charge in [-0.1, -0.05) is 0 Å². The van der Waals surface area contributed by atoms with Gasteiger partial charge in [0.1, 0.15) is 0 Å². The van der Waals surface area contributed by atoms with Gasteiger partial charge in [-0.3, -0.25) is 4.79 Å². The predicted octanol–water partition coefficient (Wildman–Crippen LogP) is 1.03. The van der Waals surface area contributed by atoms with Crippen LogP contribution in [0.4, 0.5) is 0 Å². The van der Waals surface area contributed by atoms with E-state index in [0.717, 1.165) is 19.4 Å². The molecule has 4 nitrogen and oxygen atoms in total. The van der Waals surface area contributed by atoms with Crippen molar-refractivity contribution in [3.8, 4) is 6.07 Å². The van der Waals surface area contributed by atoms with Gasteiger partial charge in [0.15, 0.2) is 0 Å². The van der Waals surface area contributed by atoms with E-state index in [-0.39, 0.29) is 5.91 Å². The second-order valence-corrected chi connectivity index (χ2v) is 4.70. The molecule has 0 bridgehead atoms. The lowest BCUT2D eigenvalue weighted by atomic mass is 10.3. The van der Waals surface area contributed by atoms with E-state index in [1.807, 2.05) is 4.90 Å². The highest BCUT2D eigenvalue weighted by Crippen LogP contribution is 2.27. The Labute approximate surface area is 96.6 Å². The van der Waals surface area contributed by atoms with Crippen LogP contribution in [0.2, 0.25) is 0 Å². The molecule has 0 aromatic carbocycles. The minimum atomic E-state index is 0.214. The summed E-state index contributed by atoms with van der Waals surface area (Å²) in [5.41, 5.74) is 0. The zero-order valence-corrected chi connectivity index (χ0v) is 9.61. The van der Waals surface area contributed by atoms with Gasteiger partial charge in [0.05, 0.1) is 12.5 Å². The van der Waals surface area contributed by atoms with Crippen molar-refractivity contribution in [1.29, 1.82) is 5.26 Å². The molecule has 1 N–H and O–H groups in total. The monoisotopic (exact) mass is 221 g/mol. The molecule has 0 saturated heterocycles. The largest absolute Gasteiger partial charge is 0.339 e. The number of rotatable bonds is 7. The Hall–Kier alpha value is -1.08. The Kier molecular flexibility index (Phi) is 3.79. The topological polar surface area (TPSA) is 56.1 Å². The molecular formula is C12H19N3O. The van der Waals surface area contributed by atoms with Crippen LogP contribution in [0.15, 0.2) is 0 Å². The first-order valence-corrected chi connectivity index (χ1v) is 6.21. The fourth-order valence-electron chi connectivity index (χ4n) is 1.88. The van der Waals surface area contributed by atoms with Crippen molar-refractivity contribution in [3.63, 3.8) is 0 Å². The summed E-state index contributed by atoms with van der Waals surface area (Å²) in [6, 6.07) is 3.21. The van der Waals surface area contributed by atoms with Crippen LogP contribution >= 0.6 is 0 Å². The van der Waals surface area contributed by atoms with E-state index in [1.54, 1.807) is 0 Å². The van der Waals surface area contributed by atoms with Crippen molar-refractivity contribution in [2.75, 3.05) is 13.1 Å². The lowest BCUT2D eigenvalue weighted by Gasteiger charge is -2.21. The van der Waals surface area contributed by atoms with Crippen molar-refractivity contribution in [2.24, 2.45) is 0 Å². The Balaban J connectivity index is 1.68. The van der Waals surface area contributed by atoms with Crippen LogP contribution in [0.1, 0.15) is 38.5 Å². The number of carbonyl (C=O) groups is 1. The number of nitrogens with one attached hydrogen (secondary N) is 1. The Bertz CT molecular complexity index is 289. The second-order valence-electron chi connectivity index (χ2n) is 4.70. The zero-order valence-electron chi connectivity index (χ0n) is 9.61. The number of nitrogens with zero attached hydrogens (tertiary/aromatic N) is 2. The molecule has 0 aromatic rings. The third-order valence-electron chi connectivity index (χ3n) is 3.12. The van der Waals surface area contributed by atoms with Crippen molar-refractivity contribution >= 4 is 5.91 Å². The predicted molar refractivity (Wildman–Crippen MR) is 60.6 cm³/mol. The number of carbonyl (C=O) groups excluding carboxylic acids is 1. The van der Waals surface area contributed by atoms with Crippen LogP contribution in [-0.4, -0.2) is 36.0 Å². The van der Waals surface area contributed by atoms with E-state index in [4.69, 9.17) is 5.26 Å². The molecule has 0 aliphatic heterocycles. The lowest BCUT2D eigenvalue weighted by Crippen LogP contribution is -2.36. The average molecular weight is 221 g/mol. The SMILES string of the molecule is N#CCCN(C(=O)CCNC1CC1)C1CC1. The van der Waals surface area contributed by atoms with E-state index in [9.17, 15) is 4.79 Å². The maximum absolute atomic E-state index is 11.9. The minimum Gasteiger partial charge on any atom is -0.339 e. The van der Waals surface area contributed by atoms with Crippen LogP contribution in [-0.2, 0) is 4.79 Å². The maximum atomic E-state index is 11.9. The first kappa shape index (κ1) is 11.4. The molecule has 0 unspecified atom stereocenters. The van der Waals surface area contributed by atoms with Crippen LogP contribution in [0, 0.1) is 11.3 Å². The van der Waals surface area contributed by atoms with Gasteiger partial charge in [-0.05, 0) is 25.7 Å². The summed E-state index contributed by atoms with van der Waals surface area (Å²) < 4.78 is 0. The fourth-order valence-corrected chi connectivity index (χ4v) is 1.88. The highest BCUT2D eigenvalue weighted by Gasteiger charge is 2.31. The van der Waals surface area contributed by atoms with Crippen molar-refractivity contribution in [3.05, 3.63) is 0 Å². The van der Waals surface area contributed by atoms with E-state index in [2.05, 4.69) is 11.4 Å². The minimum absolute atomic E-state index is 0.214. The summed E-state index contributed by atoms with van der Waals surface area (Å²) >= 11 is 0. The van der Waals surface area contributed by atoms with Gasteiger partial charge >= 0.3 is 0 Å². The zero-order chi connectivity index (χ0) is 11.4. The molecule has 2 aliphatic rings. The number of amides is 1. The molecule has 0 radical (unpaired) electrons. The Morgan fingerprint density at radius 3 is 2.69 bits per heavy atom. The number of hydrogen-bond acceptors (Lipinski definition) is 3. The van der Waals surface area contributed by atoms with E-state index in [1.165, 1.54) is 12.8 Å². The first-order chi connectivity index (χ1) is 7.81. The molecule has 2 fully saturated rings. The molecule has 0 atom stereocenters. The van der Waals surface area contributed by atoms with Gasteiger partial charge in [0.25, 0.3) is 0 Å². The maximum Gasteiger partial charge on any atom is 0.224 e. The highest BCUT2D eigenvalue weighted by atomic mass is 16.2. The van der Waals surface area contributed by atoms with Gasteiger partial charge in [0.2, 0.25) is 5.91 Å². The molecule has 16 heavy (non-hydrogen) atoms. The Morgan fingerprint density at radius 1 is 1.38 bits per heavy atom. The van der Waals surface area contributed by atoms with Crippen molar-refractivity contribution in [1.82, 2.24) is 10.2 Å². The third kappa shape index (κ3) is 3.49. The van der Waals surface area contributed by atoms with Gasteiger partial charge < -0.3 is 10.2 Å². The van der Waals surface area contributed by atoms with Crippen LogP contribution in [0.3, 0.4) is 0 Å². The molecule has 0 spiro atoms. The van der Waals surface area contributed by atoms with E-state index < -0.39 is 0 Å². The molecule has 0 aromatic heterocycles. The summed E-state index contributed by atoms with van der Waals surface area (Å²) in [7, 11) is 0. The second kappa shape index (κ2) is 5.31. The summed E-state index contributed by atoms with van der Waals surface area (Å²) in [5, 5.41) is 11.9. The van der Waals surface area contributed by atoms with Gasteiger partial charge in [-0.25, -0.2) is 0 Å². The van der Waals surface area contributed by atoms with E-state index in [0.29, 0.717) is 31.5 Å². The van der Waals surface area contributed by atoms with Crippen LogP contribution in [0.5, 0.6) is 0 Å². The molecule has 88 valence electrons. The molecular weight excluding hydrogens is 202 g/mol. The number of nitriles is 1. The average Bonchev–Trinajstić information content (AvgIpc) is 3.13. The highest BCUT2D eigenvalue weighted by molar-refractivity contribution is 5.77. The molecule has 2 saturated carbocycles. The summed E-state index contributed by atoms with van der Waals surface area (Å²) in [6.07, 6.45) is 5.79. The number of hydrogen-bond donors (Lipinski definition) is 1. The molecule has 2 rings (SSSR count). The molecule has 0 heterocycles. The summed E-state index contributed by atoms with van der Waals surface area (Å²) in [5.74, 6) is 0.214. The summed E-state index contributed by atoms with van der Waals surface area (Å²) in [4.78, 5) is 13.8. The van der Waals surface area contributed by atoms with E-state index >= 15 is 0 Å². The molecule has 1 amide bonds. The quantitative estimate of drug-likeness (QED) is 0.698. The van der Waals surface area contributed by atoms with Gasteiger partial charge in [0, 0.05) is 31.6 Å². The summed E-state index contributed by atoms with van der Waals surface area (Å²) in [6.45, 7) is 1.41. The van der Waals surface area contributed by atoms with Gasteiger partial charge in [-0.15, -0.1) is 0 Å². The fraction of sp³-hybridized carbons (Fsp3) is 0.833. The lowest BCUT2D eigenvalue weighted by molar-refractivity contribution is -0.131. The molecule has 4 heteroatoms. The van der Waals surface area contributed by atoms with Crippen LogP contribution in [0.25, 0.3) is 0 Å². The van der Waals surface area contributed by atoms with Crippen LogP contribution < -0.4 is 5.32 Å². The normalized spacial score (nSPS) is 19.2. The molecule has 2 aliphatic carbocycles. The van der Waals surface area contributed by atoms with Crippen molar-refractivity contribution < 1.29 is 4.79 Å². The van der Waals surface area contributed by atoms with Gasteiger partial charge in [-0.2, -0.15) is 5.26 Å². The Morgan fingerprint density at radius 2 is 2.12 bits per heavy atom. The van der Waals surface area contributed by atoms with Crippen molar-refractivity contribution in [2.45, 2.75) is 50.6 Å². The first-order valence-electron chi connectivity index (χ1n) is 6.21. The third-order valence-corrected chi connectivity index (χ3v) is 3.12. The standard InChI is InChI=1S/C12H19N3O/c13-7-1-9-15(11-4-5-11)12(16)6-8-14-10-2-3-10/h10-11,14H,1-6,8-9H2.